The minimum atomic E-state index is -0.340. The van der Waals surface area contributed by atoms with Crippen molar-refractivity contribution >= 4 is 16.9 Å². The summed E-state index contributed by atoms with van der Waals surface area (Å²) in [6, 6.07) is 4.49. The molecule has 0 aliphatic rings. The van der Waals surface area contributed by atoms with E-state index in [4.69, 9.17) is 4.74 Å². The highest BCUT2D eigenvalue weighted by molar-refractivity contribution is 5.93. The van der Waals surface area contributed by atoms with Crippen molar-refractivity contribution < 1.29 is 13.9 Å². The van der Waals surface area contributed by atoms with Gasteiger partial charge in [-0.15, -0.1) is 0 Å². The first kappa shape index (κ1) is 14.9. The lowest BCUT2D eigenvalue weighted by Gasteiger charge is -2.15. The maximum absolute atomic E-state index is 13.2. The number of methoxy groups -OCH3 is 1. The number of hydrogen-bond acceptors (Lipinski definition) is 5. The molecule has 3 rings (SSSR count). The van der Waals surface area contributed by atoms with Crippen LogP contribution < -0.4 is 4.74 Å². The van der Waals surface area contributed by atoms with Crippen molar-refractivity contribution in [3.05, 3.63) is 47.8 Å². The lowest BCUT2D eigenvalue weighted by Crippen LogP contribution is -2.27. The zero-order chi connectivity index (χ0) is 16.4. The van der Waals surface area contributed by atoms with E-state index in [-0.39, 0.29) is 24.3 Å². The van der Waals surface area contributed by atoms with E-state index in [1.54, 1.807) is 13.1 Å². The van der Waals surface area contributed by atoms with E-state index >= 15 is 0 Å². The SMILES string of the molecule is COc1ncc(C(=O)N(C)Cc2nc3ccc(F)cc3[nH]2)cn1. The number of carbonyl (C=O) groups is 1. The van der Waals surface area contributed by atoms with Gasteiger partial charge in [-0.2, -0.15) is 0 Å². The quantitative estimate of drug-likeness (QED) is 0.793. The van der Waals surface area contributed by atoms with Crippen LogP contribution in [0.4, 0.5) is 4.39 Å². The number of H-pyrrole nitrogens is 1. The summed E-state index contributed by atoms with van der Waals surface area (Å²) < 4.78 is 18.0. The predicted octanol–water partition coefficient (Wildman–Crippen LogP) is 1.77. The number of hydrogen-bond donors (Lipinski definition) is 1. The highest BCUT2D eigenvalue weighted by atomic mass is 19.1. The molecule has 1 amide bonds. The second kappa shape index (κ2) is 5.99. The number of aromatic amines is 1. The lowest BCUT2D eigenvalue weighted by molar-refractivity contribution is 0.0781. The van der Waals surface area contributed by atoms with E-state index in [9.17, 15) is 9.18 Å². The van der Waals surface area contributed by atoms with Crippen molar-refractivity contribution in [2.45, 2.75) is 6.54 Å². The molecule has 1 N–H and O–H groups in total. The first-order chi connectivity index (χ1) is 11.1. The zero-order valence-electron chi connectivity index (χ0n) is 12.6. The van der Waals surface area contributed by atoms with Gasteiger partial charge in [0, 0.05) is 19.4 Å². The largest absolute Gasteiger partial charge is 0.467 e. The molecule has 2 aromatic heterocycles. The standard InChI is InChI=1S/C15H14FN5O2/c1-21(14(22)9-6-17-15(23-2)18-7-9)8-13-19-11-4-3-10(16)5-12(11)20-13/h3-7H,8H2,1-2H3,(H,19,20). The van der Waals surface area contributed by atoms with Gasteiger partial charge in [-0.05, 0) is 18.2 Å². The van der Waals surface area contributed by atoms with Gasteiger partial charge in [0.2, 0.25) is 0 Å². The molecule has 0 aliphatic heterocycles. The van der Waals surface area contributed by atoms with Crippen molar-refractivity contribution in [1.29, 1.82) is 0 Å². The minimum absolute atomic E-state index is 0.198. The van der Waals surface area contributed by atoms with Gasteiger partial charge in [0.05, 0.1) is 30.3 Å². The Bertz CT molecular complexity index is 847. The number of carbonyl (C=O) groups excluding carboxylic acids is 1. The van der Waals surface area contributed by atoms with Crippen LogP contribution in [0.5, 0.6) is 6.01 Å². The molecule has 23 heavy (non-hydrogen) atoms. The molecule has 0 aliphatic carbocycles. The Labute approximate surface area is 131 Å². The number of aromatic nitrogens is 4. The molecule has 118 valence electrons. The fourth-order valence-corrected chi connectivity index (χ4v) is 2.16. The van der Waals surface area contributed by atoms with Crippen LogP contribution in [0.1, 0.15) is 16.2 Å². The summed E-state index contributed by atoms with van der Waals surface area (Å²) in [6.07, 6.45) is 2.80. The molecule has 0 bridgehead atoms. The Hall–Kier alpha value is -3.03. The molecule has 1 aromatic carbocycles. The molecule has 0 saturated heterocycles. The summed E-state index contributed by atoms with van der Waals surface area (Å²) in [6.45, 7) is 0.251. The van der Waals surface area contributed by atoms with Crippen LogP contribution in [0, 0.1) is 5.82 Å². The second-order valence-corrected chi connectivity index (χ2v) is 4.96. The summed E-state index contributed by atoms with van der Waals surface area (Å²) in [7, 11) is 3.09. The Kier molecular flexibility index (Phi) is 3.88. The van der Waals surface area contributed by atoms with Crippen LogP contribution in [-0.4, -0.2) is 44.9 Å². The average Bonchev–Trinajstić information content (AvgIpc) is 2.95. The third kappa shape index (κ3) is 3.10. The fraction of sp³-hybridized carbons (Fsp3) is 0.200. The predicted molar refractivity (Wildman–Crippen MR) is 80.4 cm³/mol. The number of nitrogens with zero attached hydrogens (tertiary/aromatic N) is 4. The molecule has 0 fully saturated rings. The number of imidazole rings is 1. The van der Waals surface area contributed by atoms with Gasteiger partial charge in [-0.1, -0.05) is 0 Å². The van der Waals surface area contributed by atoms with E-state index in [1.807, 2.05) is 0 Å². The van der Waals surface area contributed by atoms with Crippen LogP contribution >= 0.6 is 0 Å². The third-order valence-corrected chi connectivity index (χ3v) is 3.28. The minimum Gasteiger partial charge on any atom is -0.467 e. The molecule has 0 atom stereocenters. The summed E-state index contributed by atoms with van der Waals surface area (Å²) in [5.41, 5.74) is 1.58. The van der Waals surface area contributed by atoms with E-state index in [2.05, 4.69) is 19.9 Å². The second-order valence-electron chi connectivity index (χ2n) is 4.96. The van der Waals surface area contributed by atoms with Gasteiger partial charge >= 0.3 is 6.01 Å². The molecule has 2 heterocycles. The molecule has 0 unspecified atom stereocenters. The normalized spacial score (nSPS) is 10.7. The van der Waals surface area contributed by atoms with E-state index < -0.39 is 0 Å². The first-order valence-corrected chi connectivity index (χ1v) is 6.82. The number of rotatable bonds is 4. The summed E-state index contributed by atoms with van der Waals surface area (Å²) in [5.74, 6) is -0.0253. The monoisotopic (exact) mass is 315 g/mol. The van der Waals surface area contributed by atoms with Gasteiger partial charge in [0.1, 0.15) is 11.6 Å². The van der Waals surface area contributed by atoms with Gasteiger partial charge in [0.25, 0.3) is 5.91 Å². The number of halogens is 1. The Morgan fingerprint density at radius 2 is 2.09 bits per heavy atom. The van der Waals surface area contributed by atoms with Gasteiger partial charge in [-0.25, -0.2) is 19.3 Å². The number of nitrogens with one attached hydrogen (secondary N) is 1. The Balaban J connectivity index is 1.76. The van der Waals surface area contributed by atoms with Gasteiger partial charge in [0.15, 0.2) is 0 Å². The van der Waals surface area contributed by atoms with Gasteiger partial charge < -0.3 is 14.6 Å². The first-order valence-electron chi connectivity index (χ1n) is 6.82. The number of fused-ring (bicyclic) bond motifs is 1. The Morgan fingerprint density at radius 3 is 2.78 bits per heavy atom. The smallest absolute Gasteiger partial charge is 0.316 e. The highest BCUT2D eigenvalue weighted by Crippen LogP contribution is 2.14. The van der Waals surface area contributed by atoms with Crippen molar-refractivity contribution in [2.75, 3.05) is 14.2 Å². The van der Waals surface area contributed by atoms with E-state index in [0.29, 0.717) is 22.4 Å². The van der Waals surface area contributed by atoms with Crippen molar-refractivity contribution in [3.8, 4) is 6.01 Å². The van der Waals surface area contributed by atoms with Gasteiger partial charge in [-0.3, -0.25) is 4.79 Å². The molecule has 0 radical (unpaired) electrons. The maximum Gasteiger partial charge on any atom is 0.316 e. The molecule has 8 heteroatoms. The molecular formula is C15H14FN5O2. The van der Waals surface area contributed by atoms with Crippen molar-refractivity contribution in [2.24, 2.45) is 0 Å². The number of ether oxygens (including phenoxy) is 1. The van der Waals surface area contributed by atoms with Crippen molar-refractivity contribution in [1.82, 2.24) is 24.8 Å². The Morgan fingerprint density at radius 1 is 1.35 bits per heavy atom. The summed E-state index contributed by atoms with van der Waals surface area (Å²) in [5, 5.41) is 0. The summed E-state index contributed by atoms with van der Waals surface area (Å²) in [4.78, 5) is 28.9. The third-order valence-electron chi connectivity index (χ3n) is 3.28. The van der Waals surface area contributed by atoms with Crippen LogP contribution in [0.3, 0.4) is 0 Å². The molecule has 0 saturated carbocycles. The maximum atomic E-state index is 13.2. The fourth-order valence-electron chi connectivity index (χ4n) is 2.16. The number of benzene rings is 1. The summed E-state index contributed by atoms with van der Waals surface area (Å²) >= 11 is 0. The lowest BCUT2D eigenvalue weighted by atomic mass is 10.3. The van der Waals surface area contributed by atoms with E-state index in [0.717, 1.165) is 0 Å². The van der Waals surface area contributed by atoms with Crippen LogP contribution in [-0.2, 0) is 6.54 Å². The number of amides is 1. The highest BCUT2D eigenvalue weighted by Gasteiger charge is 2.15. The topological polar surface area (TPSA) is 84.0 Å². The molecule has 0 spiro atoms. The van der Waals surface area contributed by atoms with Crippen LogP contribution in [0.15, 0.2) is 30.6 Å². The molecule has 3 aromatic rings. The van der Waals surface area contributed by atoms with E-state index in [1.165, 1.54) is 36.5 Å². The van der Waals surface area contributed by atoms with Crippen LogP contribution in [0.2, 0.25) is 0 Å². The molecular weight excluding hydrogens is 301 g/mol. The average molecular weight is 315 g/mol. The van der Waals surface area contributed by atoms with Crippen LogP contribution in [0.25, 0.3) is 11.0 Å². The zero-order valence-corrected chi connectivity index (χ0v) is 12.6. The molecule has 7 nitrogen and oxygen atoms in total. The van der Waals surface area contributed by atoms with Crippen molar-refractivity contribution in [3.63, 3.8) is 0 Å².